The highest BCUT2D eigenvalue weighted by Crippen LogP contribution is 2.30. The number of hydrogen-bond donors (Lipinski definition) is 2. The number of nitrogens with one attached hydrogen (secondary N) is 2. The van der Waals surface area contributed by atoms with Crippen molar-refractivity contribution in [1.82, 2.24) is 15.6 Å². The Morgan fingerprint density at radius 3 is 2.69 bits per heavy atom. The maximum absolute atomic E-state index is 5.96. The van der Waals surface area contributed by atoms with Crippen LogP contribution in [0.2, 0.25) is 0 Å². The predicted octanol–water partition coefficient (Wildman–Crippen LogP) is 3.40. The van der Waals surface area contributed by atoms with Gasteiger partial charge in [0.2, 0.25) is 0 Å². The van der Waals surface area contributed by atoms with E-state index in [1.807, 2.05) is 42.6 Å². The summed E-state index contributed by atoms with van der Waals surface area (Å²) in [5.74, 6) is 2.50. The number of aromatic nitrogens is 1. The lowest BCUT2D eigenvalue weighted by Crippen LogP contribution is -2.38. The largest absolute Gasteiger partial charge is 0.493 e. The van der Waals surface area contributed by atoms with Crippen LogP contribution >= 0.6 is 24.0 Å². The zero-order chi connectivity index (χ0) is 17.3. The van der Waals surface area contributed by atoms with Gasteiger partial charge in [-0.1, -0.05) is 24.3 Å². The van der Waals surface area contributed by atoms with Gasteiger partial charge in [-0.05, 0) is 37.0 Å². The molecule has 1 heterocycles. The Balaban J connectivity index is 0.00000243. The van der Waals surface area contributed by atoms with E-state index in [9.17, 15) is 0 Å². The van der Waals surface area contributed by atoms with Crippen molar-refractivity contribution in [3.63, 3.8) is 0 Å². The molecule has 0 amide bonds. The molecule has 0 bridgehead atoms. The lowest BCUT2D eigenvalue weighted by atomic mass is 10.2. The second kappa shape index (κ2) is 11.0. The summed E-state index contributed by atoms with van der Waals surface area (Å²) in [7, 11) is 1.78. The molecule has 2 N–H and O–H groups in total. The summed E-state index contributed by atoms with van der Waals surface area (Å²) in [6.07, 6.45) is 5.28. The molecular formula is C20H27IN4O. The Labute approximate surface area is 172 Å². The smallest absolute Gasteiger partial charge is 0.191 e. The van der Waals surface area contributed by atoms with Crippen molar-refractivity contribution in [1.29, 1.82) is 0 Å². The third-order valence-corrected chi connectivity index (χ3v) is 4.21. The molecule has 5 nitrogen and oxygen atoms in total. The molecule has 1 saturated carbocycles. The van der Waals surface area contributed by atoms with Crippen LogP contribution in [0.25, 0.3) is 0 Å². The summed E-state index contributed by atoms with van der Waals surface area (Å²) in [6, 6.07) is 14.2. The van der Waals surface area contributed by atoms with Crippen LogP contribution < -0.4 is 15.4 Å². The molecule has 1 aromatic heterocycles. The molecular weight excluding hydrogens is 439 g/mol. The third kappa shape index (κ3) is 6.82. The number of hydrogen-bond acceptors (Lipinski definition) is 3. The van der Waals surface area contributed by atoms with Gasteiger partial charge in [0.15, 0.2) is 5.96 Å². The standard InChI is InChI=1S/C20H26N4O.HI/c1-21-20(23-13-11-18-7-4-5-12-22-18)24-14-17-6-2-3-8-19(17)25-15-16-9-10-16;/h2-8,12,16H,9-11,13-15H2,1H3,(H2,21,23,24);1H. The first kappa shape index (κ1) is 20.5. The number of ether oxygens (including phenoxy) is 1. The summed E-state index contributed by atoms with van der Waals surface area (Å²) in [5, 5.41) is 6.68. The van der Waals surface area contributed by atoms with Crippen LogP contribution in [-0.2, 0) is 13.0 Å². The van der Waals surface area contributed by atoms with E-state index in [-0.39, 0.29) is 24.0 Å². The van der Waals surface area contributed by atoms with Crippen molar-refractivity contribution in [2.45, 2.75) is 25.8 Å². The number of halogens is 1. The van der Waals surface area contributed by atoms with Crippen LogP contribution in [0.4, 0.5) is 0 Å². The van der Waals surface area contributed by atoms with E-state index >= 15 is 0 Å². The summed E-state index contributed by atoms with van der Waals surface area (Å²) >= 11 is 0. The van der Waals surface area contributed by atoms with Crippen molar-refractivity contribution >= 4 is 29.9 Å². The molecule has 2 aromatic rings. The SMILES string of the molecule is CN=C(NCCc1ccccn1)NCc1ccccc1OCC1CC1.I. The van der Waals surface area contributed by atoms with Gasteiger partial charge in [-0.2, -0.15) is 0 Å². The summed E-state index contributed by atoms with van der Waals surface area (Å²) < 4.78 is 5.96. The van der Waals surface area contributed by atoms with Crippen molar-refractivity contribution in [3.05, 3.63) is 59.9 Å². The number of aliphatic imine (C=N–C) groups is 1. The molecule has 1 aromatic carbocycles. The van der Waals surface area contributed by atoms with Gasteiger partial charge in [-0.25, -0.2) is 0 Å². The second-order valence-electron chi connectivity index (χ2n) is 6.29. The minimum Gasteiger partial charge on any atom is -0.493 e. The molecule has 0 atom stereocenters. The Morgan fingerprint density at radius 1 is 1.15 bits per heavy atom. The maximum Gasteiger partial charge on any atom is 0.191 e. The van der Waals surface area contributed by atoms with E-state index in [2.05, 4.69) is 26.7 Å². The molecule has 0 spiro atoms. The molecule has 0 unspecified atom stereocenters. The molecule has 0 radical (unpaired) electrons. The van der Waals surface area contributed by atoms with E-state index in [0.29, 0.717) is 6.54 Å². The van der Waals surface area contributed by atoms with Gasteiger partial charge in [0.1, 0.15) is 5.75 Å². The molecule has 6 heteroatoms. The normalized spacial score (nSPS) is 13.7. The summed E-state index contributed by atoms with van der Waals surface area (Å²) in [4.78, 5) is 8.61. The van der Waals surface area contributed by atoms with E-state index in [0.717, 1.165) is 48.5 Å². The fourth-order valence-electron chi connectivity index (χ4n) is 2.54. The van der Waals surface area contributed by atoms with Gasteiger partial charge in [0.05, 0.1) is 6.61 Å². The highest BCUT2D eigenvalue weighted by molar-refractivity contribution is 14.0. The topological polar surface area (TPSA) is 58.5 Å². The average molecular weight is 466 g/mol. The van der Waals surface area contributed by atoms with Gasteiger partial charge < -0.3 is 15.4 Å². The highest BCUT2D eigenvalue weighted by atomic mass is 127. The molecule has 1 fully saturated rings. The van der Waals surface area contributed by atoms with Crippen molar-refractivity contribution in [3.8, 4) is 5.75 Å². The Morgan fingerprint density at radius 2 is 1.96 bits per heavy atom. The van der Waals surface area contributed by atoms with E-state index in [1.165, 1.54) is 12.8 Å². The monoisotopic (exact) mass is 466 g/mol. The zero-order valence-electron chi connectivity index (χ0n) is 15.1. The Hall–Kier alpha value is -1.83. The zero-order valence-corrected chi connectivity index (χ0v) is 17.5. The maximum atomic E-state index is 5.96. The predicted molar refractivity (Wildman–Crippen MR) is 116 cm³/mol. The first-order valence-corrected chi connectivity index (χ1v) is 8.90. The highest BCUT2D eigenvalue weighted by Gasteiger charge is 2.22. The first-order chi connectivity index (χ1) is 12.3. The van der Waals surface area contributed by atoms with Gasteiger partial charge in [-0.15, -0.1) is 24.0 Å². The summed E-state index contributed by atoms with van der Waals surface area (Å²) in [6.45, 7) is 2.30. The number of guanidine groups is 1. The van der Waals surface area contributed by atoms with Crippen LogP contribution in [0.15, 0.2) is 53.7 Å². The van der Waals surface area contributed by atoms with Crippen LogP contribution in [-0.4, -0.2) is 31.1 Å². The third-order valence-electron chi connectivity index (χ3n) is 4.21. The summed E-state index contributed by atoms with van der Waals surface area (Å²) in [5.41, 5.74) is 2.22. The van der Waals surface area contributed by atoms with Crippen LogP contribution in [0.1, 0.15) is 24.1 Å². The minimum absolute atomic E-state index is 0. The fourth-order valence-corrected chi connectivity index (χ4v) is 2.54. The molecule has 3 rings (SSSR count). The molecule has 1 aliphatic rings. The fraction of sp³-hybridized carbons (Fsp3) is 0.400. The van der Waals surface area contributed by atoms with Crippen molar-refractivity contribution in [2.75, 3.05) is 20.2 Å². The van der Waals surface area contributed by atoms with Crippen molar-refractivity contribution < 1.29 is 4.74 Å². The number of nitrogens with zero attached hydrogens (tertiary/aromatic N) is 2. The van der Waals surface area contributed by atoms with Crippen molar-refractivity contribution in [2.24, 2.45) is 10.9 Å². The Bertz CT molecular complexity index is 689. The minimum atomic E-state index is 0. The van der Waals surface area contributed by atoms with Crippen LogP contribution in [0.5, 0.6) is 5.75 Å². The average Bonchev–Trinajstić information content (AvgIpc) is 3.49. The Kier molecular flexibility index (Phi) is 8.67. The van der Waals surface area contributed by atoms with E-state index in [4.69, 9.17) is 4.74 Å². The lowest BCUT2D eigenvalue weighted by Gasteiger charge is -2.14. The second-order valence-corrected chi connectivity index (χ2v) is 6.29. The number of pyridine rings is 1. The van der Waals surface area contributed by atoms with Gasteiger partial charge in [0, 0.05) is 44.0 Å². The lowest BCUT2D eigenvalue weighted by molar-refractivity contribution is 0.296. The molecule has 0 saturated heterocycles. The van der Waals surface area contributed by atoms with Crippen LogP contribution in [0, 0.1) is 5.92 Å². The number of benzene rings is 1. The number of rotatable bonds is 8. The molecule has 0 aliphatic heterocycles. The van der Waals surface area contributed by atoms with Gasteiger partial charge in [-0.3, -0.25) is 9.98 Å². The van der Waals surface area contributed by atoms with Crippen LogP contribution in [0.3, 0.4) is 0 Å². The molecule has 1 aliphatic carbocycles. The number of para-hydroxylation sites is 1. The first-order valence-electron chi connectivity index (χ1n) is 8.90. The molecule has 26 heavy (non-hydrogen) atoms. The van der Waals surface area contributed by atoms with Gasteiger partial charge >= 0.3 is 0 Å². The van der Waals surface area contributed by atoms with E-state index < -0.39 is 0 Å². The quantitative estimate of drug-likeness (QED) is 0.356. The molecule has 140 valence electrons. The van der Waals surface area contributed by atoms with E-state index in [1.54, 1.807) is 7.05 Å². The van der Waals surface area contributed by atoms with Gasteiger partial charge in [0.25, 0.3) is 0 Å².